The Balaban J connectivity index is 1.65. The quantitative estimate of drug-likeness (QED) is 0.145. The molecule has 0 aromatic carbocycles. The highest BCUT2D eigenvalue weighted by Crippen LogP contribution is 2.16. The van der Waals surface area contributed by atoms with Gasteiger partial charge in [0, 0.05) is 12.8 Å². The number of esters is 1. The number of rotatable bonds is 21. The first-order chi connectivity index (χ1) is 13.8. The van der Waals surface area contributed by atoms with E-state index in [2.05, 4.69) is 6.92 Å². The fourth-order valence-corrected chi connectivity index (χ4v) is 3.86. The molecule has 1 heterocycles. The normalized spacial score (nSPS) is 16.1. The summed E-state index contributed by atoms with van der Waals surface area (Å²) in [5.74, 6) is -0.0864. The molecule has 28 heavy (non-hydrogen) atoms. The van der Waals surface area contributed by atoms with Gasteiger partial charge in [-0.15, -0.1) is 0 Å². The predicted octanol–water partition coefficient (Wildman–Crippen LogP) is 8.10. The van der Waals surface area contributed by atoms with Crippen LogP contribution < -0.4 is 0 Å². The smallest absolute Gasteiger partial charge is 0.308 e. The fourth-order valence-electron chi connectivity index (χ4n) is 3.86. The van der Waals surface area contributed by atoms with Gasteiger partial charge in [0.2, 0.25) is 6.29 Å². The van der Waals surface area contributed by atoms with E-state index in [-0.39, 0.29) is 12.3 Å². The van der Waals surface area contributed by atoms with Crippen molar-refractivity contribution in [2.75, 3.05) is 6.61 Å². The van der Waals surface area contributed by atoms with Crippen molar-refractivity contribution in [3.63, 3.8) is 0 Å². The molecule has 0 amide bonds. The van der Waals surface area contributed by atoms with Crippen LogP contribution in [0.2, 0.25) is 0 Å². The van der Waals surface area contributed by atoms with E-state index in [4.69, 9.17) is 9.47 Å². The summed E-state index contributed by atoms with van der Waals surface area (Å²) in [6.45, 7) is 3.02. The lowest BCUT2D eigenvalue weighted by Crippen LogP contribution is -2.31. The molecule has 1 aliphatic heterocycles. The molecule has 3 nitrogen and oxygen atoms in total. The van der Waals surface area contributed by atoms with E-state index < -0.39 is 0 Å². The molecule has 1 fully saturated rings. The molecule has 1 saturated heterocycles. The predicted molar refractivity (Wildman–Crippen MR) is 118 cm³/mol. The van der Waals surface area contributed by atoms with Gasteiger partial charge in [-0.25, -0.2) is 0 Å². The Morgan fingerprint density at radius 2 is 1.04 bits per heavy atom. The Labute approximate surface area is 175 Å². The summed E-state index contributed by atoms with van der Waals surface area (Å²) in [6.07, 6.45) is 27.3. The molecule has 166 valence electrons. The van der Waals surface area contributed by atoms with Crippen molar-refractivity contribution < 1.29 is 14.3 Å². The summed E-state index contributed by atoms with van der Waals surface area (Å²) in [5.41, 5.74) is 0. The van der Waals surface area contributed by atoms with Gasteiger partial charge in [-0.1, -0.05) is 122 Å². The van der Waals surface area contributed by atoms with Crippen LogP contribution in [-0.4, -0.2) is 18.9 Å². The third kappa shape index (κ3) is 16.4. The van der Waals surface area contributed by atoms with Gasteiger partial charge in [0.05, 0.1) is 6.61 Å². The molecule has 0 N–H and O–H groups in total. The van der Waals surface area contributed by atoms with E-state index in [1.165, 1.54) is 109 Å². The zero-order chi connectivity index (χ0) is 20.1. The van der Waals surface area contributed by atoms with Gasteiger partial charge >= 0.3 is 5.97 Å². The average Bonchev–Trinajstić information content (AvgIpc) is 2.66. The number of hydrogen-bond donors (Lipinski definition) is 0. The van der Waals surface area contributed by atoms with Gasteiger partial charge in [-0.05, 0) is 6.42 Å². The van der Waals surface area contributed by atoms with Crippen LogP contribution >= 0.6 is 0 Å². The maximum Gasteiger partial charge on any atom is 0.308 e. The van der Waals surface area contributed by atoms with Crippen LogP contribution in [0.1, 0.15) is 142 Å². The highest BCUT2D eigenvalue weighted by Gasteiger charge is 2.21. The Bertz CT molecular complexity index is 339. The van der Waals surface area contributed by atoms with Gasteiger partial charge in [0.15, 0.2) is 0 Å². The van der Waals surface area contributed by atoms with Crippen molar-refractivity contribution >= 4 is 5.97 Å². The van der Waals surface area contributed by atoms with Crippen molar-refractivity contribution in [1.82, 2.24) is 0 Å². The monoisotopic (exact) mass is 396 g/mol. The fraction of sp³-hybridized carbons (Fsp3) is 0.960. The lowest BCUT2D eigenvalue weighted by Gasteiger charge is -2.25. The molecule has 1 unspecified atom stereocenters. The second-order valence-electron chi connectivity index (χ2n) is 8.69. The van der Waals surface area contributed by atoms with E-state index in [0.29, 0.717) is 6.42 Å². The summed E-state index contributed by atoms with van der Waals surface area (Å²) in [7, 11) is 0. The van der Waals surface area contributed by atoms with E-state index in [9.17, 15) is 4.79 Å². The highest BCUT2D eigenvalue weighted by molar-refractivity contribution is 5.69. The zero-order valence-corrected chi connectivity index (χ0v) is 18.9. The zero-order valence-electron chi connectivity index (χ0n) is 18.9. The lowest BCUT2D eigenvalue weighted by molar-refractivity contribution is -0.216. The molecule has 0 saturated carbocycles. The molecule has 3 heteroatoms. The van der Waals surface area contributed by atoms with Crippen LogP contribution in [0, 0.1) is 0 Å². The second-order valence-corrected chi connectivity index (χ2v) is 8.69. The van der Waals surface area contributed by atoms with Crippen LogP contribution in [0.3, 0.4) is 0 Å². The Morgan fingerprint density at radius 1 is 0.679 bits per heavy atom. The topological polar surface area (TPSA) is 35.5 Å². The van der Waals surface area contributed by atoms with Gasteiger partial charge in [0.25, 0.3) is 0 Å². The summed E-state index contributed by atoms with van der Waals surface area (Å²) in [4.78, 5) is 11.5. The summed E-state index contributed by atoms with van der Waals surface area (Å²) < 4.78 is 10.3. The minimum absolute atomic E-state index is 0.0864. The second kappa shape index (κ2) is 19.7. The van der Waals surface area contributed by atoms with Crippen LogP contribution in [0.25, 0.3) is 0 Å². The Kier molecular flexibility index (Phi) is 17.9. The third-order valence-corrected chi connectivity index (χ3v) is 5.90. The van der Waals surface area contributed by atoms with Gasteiger partial charge < -0.3 is 9.47 Å². The van der Waals surface area contributed by atoms with Gasteiger partial charge in [-0.3, -0.25) is 4.79 Å². The molecule has 1 atom stereocenters. The van der Waals surface area contributed by atoms with Gasteiger partial charge in [-0.2, -0.15) is 0 Å². The molecule has 1 rings (SSSR count). The first-order valence-corrected chi connectivity index (χ1v) is 12.6. The number of unbranched alkanes of at least 4 members (excludes halogenated alkanes) is 18. The standard InChI is InChI=1S/C25H48O3/c1-2-3-4-5-6-7-8-9-10-11-12-13-14-15-16-17-18-19-20-21-24(26)28-25-22-23-27-25/h25H,2-23H2,1H3. The summed E-state index contributed by atoms with van der Waals surface area (Å²) in [6, 6.07) is 0. The minimum atomic E-state index is -0.243. The van der Waals surface area contributed by atoms with Crippen molar-refractivity contribution in [3.05, 3.63) is 0 Å². The van der Waals surface area contributed by atoms with Gasteiger partial charge in [0.1, 0.15) is 0 Å². The molecule has 0 radical (unpaired) electrons. The van der Waals surface area contributed by atoms with Crippen LogP contribution in [0.5, 0.6) is 0 Å². The Hall–Kier alpha value is -0.570. The lowest BCUT2D eigenvalue weighted by atomic mass is 10.0. The molecule has 0 aromatic heterocycles. The van der Waals surface area contributed by atoms with Crippen LogP contribution in [0.15, 0.2) is 0 Å². The summed E-state index contributed by atoms with van der Waals surface area (Å²) in [5, 5.41) is 0. The maximum absolute atomic E-state index is 11.5. The largest absolute Gasteiger partial charge is 0.436 e. The summed E-state index contributed by atoms with van der Waals surface area (Å²) >= 11 is 0. The SMILES string of the molecule is CCCCCCCCCCCCCCCCCCCCCC(=O)OC1CCO1. The van der Waals surface area contributed by atoms with E-state index in [0.717, 1.165) is 25.9 Å². The van der Waals surface area contributed by atoms with Crippen LogP contribution in [-0.2, 0) is 14.3 Å². The van der Waals surface area contributed by atoms with E-state index in [1.807, 2.05) is 0 Å². The van der Waals surface area contributed by atoms with Crippen molar-refractivity contribution in [1.29, 1.82) is 0 Å². The number of ether oxygens (including phenoxy) is 2. The third-order valence-electron chi connectivity index (χ3n) is 5.90. The Morgan fingerprint density at radius 3 is 1.36 bits per heavy atom. The molecule has 0 aliphatic carbocycles. The van der Waals surface area contributed by atoms with Crippen molar-refractivity contribution in [2.24, 2.45) is 0 Å². The molecule has 0 spiro atoms. The first kappa shape index (κ1) is 25.5. The van der Waals surface area contributed by atoms with Crippen molar-refractivity contribution in [2.45, 2.75) is 148 Å². The molecule has 0 bridgehead atoms. The van der Waals surface area contributed by atoms with Crippen molar-refractivity contribution in [3.8, 4) is 0 Å². The first-order valence-electron chi connectivity index (χ1n) is 12.6. The molecular formula is C25H48O3. The van der Waals surface area contributed by atoms with E-state index in [1.54, 1.807) is 0 Å². The molecule has 0 aromatic rings. The highest BCUT2D eigenvalue weighted by atomic mass is 16.7. The molecular weight excluding hydrogens is 348 g/mol. The number of hydrogen-bond acceptors (Lipinski definition) is 3. The molecule has 1 aliphatic rings. The maximum atomic E-state index is 11.5. The number of carbonyl (C=O) groups is 1. The average molecular weight is 397 g/mol. The number of carbonyl (C=O) groups excluding carboxylic acids is 1. The van der Waals surface area contributed by atoms with Crippen LogP contribution in [0.4, 0.5) is 0 Å². The van der Waals surface area contributed by atoms with E-state index >= 15 is 0 Å². The minimum Gasteiger partial charge on any atom is -0.436 e.